The molecule has 41 heavy (non-hydrogen) atoms. The highest BCUT2D eigenvalue weighted by Gasteiger charge is 2.17. The Morgan fingerprint density at radius 1 is 0.561 bits per heavy atom. The van der Waals surface area contributed by atoms with Crippen LogP contribution < -0.4 is 9.80 Å². The zero-order chi connectivity index (χ0) is 30.8. The van der Waals surface area contributed by atoms with E-state index in [1.54, 1.807) is 0 Å². The molecule has 8 nitrogen and oxygen atoms in total. The lowest BCUT2D eigenvalue weighted by molar-refractivity contribution is 0.478. The van der Waals surface area contributed by atoms with E-state index in [1.807, 2.05) is 0 Å². The number of unbranched alkanes of at least 4 members (excludes halogenated alkanes) is 2. The molecule has 2 aromatic carbocycles. The van der Waals surface area contributed by atoms with Crippen molar-refractivity contribution in [2.75, 3.05) is 47.5 Å². The Morgan fingerprint density at radius 3 is 1.12 bits per heavy atom. The molecule has 0 radical (unpaired) electrons. The van der Waals surface area contributed by atoms with Gasteiger partial charge in [-0.1, -0.05) is 26.7 Å². The van der Waals surface area contributed by atoms with Crippen LogP contribution >= 0.6 is 0 Å². The van der Waals surface area contributed by atoms with E-state index in [1.165, 1.54) is 33.4 Å². The Labute approximate surface area is 248 Å². The lowest BCUT2D eigenvalue weighted by Gasteiger charge is -2.28. The van der Waals surface area contributed by atoms with Crippen LogP contribution in [0.2, 0.25) is 0 Å². The first kappa shape index (κ1) is 35.1. The van der Waals surface area contributed by atoms with Crippen LogP contribution in [-0.2, 0) is 26.7 Å². The van der Waals surface area contributed by atoms with Crippen molar-refractivity contribution in [1.29, 1.82) is 0 Å². The molecule has 2 aromatic rings. The minimum Gasteiger partial charge on any atom is -0.371 e. The molecule has 0 bridgehead atoms. The summed E-state index contributed by atoms with van der Waals surface area (Å²) in [6.07, 6.45) is 5.62. The number of anilines is 2. The van der Waals surface area contributed by atoms with Gasteiger partial charge < -0.3 is 9.80 Å². The van der Waals surface area contributed by atoms with E-state index in [9.17, 15) is 16.8 Å². The van der Waals surface area contributed by atoms with Crippen molar-refractivity contribution in [2.24, 2.45) is 0 Å². The summed E-state index contributed by atoms with van der Waals surface area (Å²) < 4.78 is 63.3. The Morgan fingerprint density at radius 2 is 0.854 bits per heavy atom. The Balaban J connectivity index is 2.31. The lowest BCUT2D eigenvalue weighted by Crippen LogP contribution is -2.27. The molecule has 0 spiro atoms. The van der Waals surface area contributed by atoms with Crippen LogP contribution in [0.5, 0.6) is 0 Å². The first-order valence-corrected chi connectivity index (χ1v) is 18.0. The van der Waals surface area contributed by atoms with Crippen LogP contribution in [0.4, 0.5) is 11.4 Å². The lowest BCUT2D eigenvalue weighted by atomic mass is 9.90. The van der Waals surface area contributed by atoms with E-state index in [4.69, 9.17) is 9.11 Å². The van der Waals surface area contributed by atoms with Crippen molar-refractivity contribution in [3.8, 4) is 0 Å². The molecule has 0 unspecified atom stereocenters. The Hall–Kier alpha value is -2.14. The van der Waals surface area contributed by atoms with E-state index in [-0.39, 0.29) is 11.5 Å². The van der Waals surface area contributed by atoms with Crippen molar-refractivity contribution in [2.45, 2.75) is 86.5 Å². The maximum Gasteiger partial charge on any atom is 0.264 e. The second-order valence-corrected chi connectivity index (χ2v) is 14.4. The standard InChI is InChI=1S/C31H50N2O6S2/c1-7-9-13-32(15-11-17-40(34,35)36)28-19-24(3)30(25(4)20-28)23-31-26(5)21-29(22-27(31)6)33(14-10-8-2)16-12-18-41(37,38)39/h19-22H,7-18,23H2,1-6H3,(H,34,35,36)(H,37,38,39). The van der Waals surface area contributed by atoms with Crippen molar-refractivity contribution in [3.63, 3.8) is 0 Å². The fraction of sp³-hybridized carbons (Fsp3) is 0.613. The van der Waals surface area contributed by atoms with E-state index in [0.717, 1.165) is 56.6 Å². The molecule has 2 N–H and O–H groups in total. The molecule has 0 saturated carbocycles. The van der Waals surface area contributed by atoms with Gasteiger partial charge in [0.1, 0.15) is 0 Å². The van der Waals surface area contributed by atoms with Gasteiger partial charge in [-0.15, -0.1) is 0 Å². The average molecular weight is 611 g/mol. The molecule has 0 fully saturated rings. The van der Waals surface area contributed by atoms with Crippen LogP contribution in [0.15, 0.2) is 24.3 Å². The topological polar surface area (TPSA) is 115 Å². The van der Waals surface area contributed by atoms with Crippen molar-refractivity contribution in [1.82, 2.24) is 0 Å². The van der Waals surface area contributed by atoms with Gasteiger partial charge in [0, 0.05) is 37.6 Å². The molecular formula is C31H50N2O6S2. The summed E-state index contributed by atoms with van der Waals surface area (Å²) in [6, 6.07) is 8.75. The summed E-state index contributed by atoms with van der Waals surface area (Å²) in [6.45, 7) is 15.6. The number of benzene rings is 2. The molecule has 10 heteroatoms. The van der Waals surface area contributed by atoms with Gasteiger partial charge in [0.05, 0.1) is 11.5 Å². The number of hydrogen-bond donors (Lipinski definition) is 2. The predicted molar refractivity (Wildman–Crippen MR) is 171 cm³/mol. The number of nitrogens with zero attached hydrogens (tertiary/aromatic N) is 2. The largest absolute Gasteiger partial charge is 0.371 e. The first-order chi connectivity index (χ1) is 19.1. The van der Waals surface area contributed by atoms with Crippen molar-refractivity contribution >= 4 is 31.6 Å². The van der Waals surface area contributed by atoms with E-state index in [0.29, 0.717) is 25.9 Å². The minimum absolute atomic E-state index is 0.239. The number of aryl methyl sites for hydroxylation is 4. The number of hydrogen-bond acceptors (Lipinski definition) is 6. The van der Waals surface area contributed by atoms with Crippen LogP contribution in [0.1, 0.15) is 85.8 Å². The molecule has 0 heterocycles. The third kappa shape index (κ3) is 11.9. The van der Waals surface area contributed by atoms with Gasteiger partial charge in [0.2, 0.25) is 0 Å². The van der Waals surface area contributed by atoms with Gasteiger partial charge >= 0.3 is 0 Å². The third-order valence-electron chi connectivity index (χ3n) is 7.67. The van der Waals surface area contributed by atoms with Gasteiger partial charge in [0.15, 0.2) is 0 Å². The summed E-state index contributed by atoms with van der Waals surface area (Å²) in [5, 5.41) is 0. The van der Waals surface area contributed by atoms with Gasteiger partial charge in [-0.2, -0.15) is 16.8 Å². The first-order valence-electron chi connectivity index (χ1n) is 14.8. The molecule has 0 aromatic heterocycles. The SMILES string of the molecule is CCCCN(CCCS(=O)(=O)O)c1cc(C)c(Cc2c(C)cc(N(CCCC)CCCS(=O)(=O)O)cc2C)c(C)c1. The Kier molecular flexibility index (Phi) is 13.6. The average Bonchev–Trinajstić information content (AvgIpc) is 2.85. The van der Waals surface area contributed by atoms with Crippen molar-refractivity contribution in [3.05, 3.63) is 57.6 Å². The highest BCUT2D eigenvalue weighted by Crippen LogP contribution is 2.30. The molecule has 2 rings (SSSR count). The fourth-order valence-electron chi connectivity index (χ4n) is 5.35. The second kappa shape index (κ2) is 15.9. The quantitative estimate of drug-likeness (QED) is 0.190. The second-order valence-electron chi connectivity index (χ2n) is 11.3. The molecular weight excluding hydrogens is 560 g/mol. The maximum atomic E-state index is 11.2. The Bertz CT molecular complexity index is 1210. The van der Waals surface area contributed by atoms with Gasteiger partial charge in [-0.05, 0) is 117 Å². The molecule has 0 amide bonds. The van der Waals surface area contributed by atoms with Crippen LogP contribution in [0, 0.1) is 27.7 Å². The predicted octanol–water partition coefficient (Wildman–Crippen LogP) is 6.28. The molecule has 0 aliphatic carbocycles. The van der Waals surface area contributed by atoms with Crippen LogP contribution in [0.25, 0.3) is 0 Å². The molecule has 0 aliphatic heterocycles. The smallest absolute Gasteiger partial charge is 0.264 e. The highest BCUT2D eigenvalue weighted by atomic mass is 32.2. The van der Waals surface area contributed by atoms with E-state index in [2.05, 4.69) is 75.6 Å². The monoisotopic (exact) mass is 610 g/mol. The summed E-state index contributed by atoms with van der Waals surface area (Å²) in [5.74, 6) is -0.479. The molecule has 0 atom stereocenters. The zero-order valence-corrected chi connectivity index (χ0v) is 27.4. The van der Waals surface area contributed by atoms with Gasteiger partial charge in [-0.25, -0.2) is 0 Å². The zero-order valence-electron chi connectivity index (χ0n) is 25.7. The summed E-state index contributed by atoms with van der Waals surface area (Å²) in [4.78, 5) is 4.44. The minimum atomic E-state index is -3.98. The fourth-order valence-corrected chi connectivity index (χ4v) is 6.34. The molecule has 232 valence electrons. The summed E-state index contributed by atoms with van der Waals surface area (Å²) >= 11 is 0. The third-order valence-corrected chi connectivity index (χ3v) is 9.28. The number of rotatable bonds is 18. The molecule has 0 saturated heterocycles. The summed E-state index contributed by atoms with van der Waals surface area (Å²) in [7, 11) is -7.95. The van der Waals surface area contributed by atoms with Crippen LogP contribution in [-0.4, -0.2) is 63.6 Å². The maximum absolute atomic E-state index is 11.2. The van der Waals surface area contributed by atoms with Gasteiger partial charge in [-0.3, -0.25) is 9.11 Å². The highest BCUT2D eigenvalue weighted by molar-refractivity contribution is 7.86. The summed E-state index contributed by atoms with van der Waals surface area (Å²) in [5.41, 5.74) is 9.46. The van der Waals surface area contributed by atoms with Gasteiger partial charge in [0.25, 0.3) is 20.2 Å². The normalized spacial score (nSPS) is 12.1. The van der Waals surface area contributed by atoms with E-state index < -0.39 is 20.2 Å². The van der Waals surface area contributed by atoms with Crippen molar-refractivity contribution < 1.29 is 25.9 Å². The van der Waals surface area contributed by atoms with Crippen LogP contribution in [0.3, 0.4) is 0 Å². The van der Waals surface area contributed by atoms with E-state index >= 15 is 0 Å². The molecule has 0 aliphatic rings.